The molecule has 1 saturated heterocycles. The molecule has 2 aromatic rings. The summed E-state index contributed by atoms with van der Waals surface area (Å²) in [5.74, 6) is 6.41. The number of nitrogens with zero attached hydrogens (tertiary/aromatic N) is 4. The van der Waals surface area contributed by atoms with Crippen LogP contribution in [0.3, 0.4) is 0 Å². The summed E-state index contributed by atoms with van der Waals surface area (Å²) < 4.78 is 0. The largest absolute Gasteiger partial charge is 0.353 e. The van der Waals surface area contributed by atoms with Crippen molar-refractivity contribution in [2.24, 2.45) is 0 Å². The number of amides is 1. The Labute approximate surface area is 136 Å². The average Bonchev–Trinajstić information content (AvgIpc) is 2.62. The van der Waals surface area contributed by atoms with Crippen LogP contribution >= 0.6 is 0 Å². The number of carbonyl (C=O) groups is 1. The lowest BCUT2D eigenvalue weighted by molar-refractivity contribution is -0.125. The Kier molecular flexibility index (Phi) is 4.53. The van der Waals surface area contributed by atoms with Crippen LogP contribution in [0.4, 0.5) is 5.82 Å². The van der Waals surface area contributed by atoms with Crippen LogP contribution in [-0.2, 0) is 4.79 Å². The maximum absolute atomic E-state index is 12.2. The Hall–Kier alpha value is -2.87. The van der Waals surface area contributed by atoms with Crippen molar-refractivity contribution in [1.82, 2.24) is 14.9 Å². The van der Waals surface area contributed by atoms with E-state index < -0.39 is 0 Å². The van der Waals surface area contributed by atoms with Gasteiger partial charge in [0.25, 0.3) is 5.91 Å². The average molecular weight is 306 g/mol. The molecule has 0 bridgehead atoms. The van der Waals surface area contributed by atoms with Gasteiger partial charge in [-0.05, 0) is 31.2 Å². The first kappa shape index (κ1) is 15.0. The van der Waals surface area contributed by atoms with Gasteiger partial charge in [0.15, 0.2) is 0 Å². The highest BCUT2D eigenvalue weighted by Gasteiger charge is 2.20. The summed E-state index contributed by atoms with van der Waals surface area (Å²) in [7, 11) is 0. The molecule has 5 heteroatoms. The lowest BCUT2D eigenvalue weighted by atomic mass is 10.2. The summed E-state index contributed by atoms with van der Waals surface area (Å²) in [5, 5.41) is 0. The maximum Gasteiger partial charge on any atom is 0.298 e. The lowest BCUT2D eigenvalue weighted by Gasteiger charge is -2.34. The first-order chi connectivity index (χ1) is 11.2. The van der Waals surface area contributed by atoms with Crippen LogP contribution in [0.5, 0.6) is 0 Å². The Bertz CT molecular complexity index is 723. The van der Waals surface area contributed by atoms with Gasteiger partial charge in [0, 0.05) is 55.8 Å². The monoisotopic (exact) mass is 306 g/mol. The molecule has 0 atom stereocenters. The topological polar surface area (TPSA) is 49.3 Å². The summed E-state index contributed by atoms with van der Waals surface area (Å²) in [5.41, 5.74) is 1.70. The van der Waals surface area contributed by atoms with Crippen molar-refractivity contribution in [1.29, 1.82) is 0 Å². The standard InChI is InChI=1S/C18H18N4O/c1-15-5-6-16(14-20-15)7-8-18(23)22-12-10-21(11-13-22)17-4-2-3-9-19-17/h2-6,9,14H,10-13H2,1H3. The van der Waals surface area contributed by atoms with E-state index in [4.69, 9.17) is 0 Å². The first-order valence-corrected chi connectivity index (χ1v) is 7.62. The number of hydrogen-bond donors (Lipinski definition) is 0. The molecule has 1 fully saturated rings. The van der Waals surface area contributed by atoms with Gasteiger partial charge in [-0.15, -0.1) is 0 Å². The molecule has 0 unspecified atom stereocenters. The van der Waals surface area contributed by atoms with E-state index in [9.17, 15) is 4.79 Å². The second-order valence-corrected chi connectivity index (χ2v) is 5.41. The lowest BCUT2D eigenvalue weighted by Crippen LogP contribution is -2.48. The molecule has 0 aromatic carbocycles. The number of carbonyl (C=O) groups excluding carboxylic acids is 1. The van der Waals surface area contributed by atoms with Crippen LogP contribution in [0.2, 0.25) is 0 Å². The minimum Gasteiger partial charge on any atom is -0.353 e. The molecule has 116 valence electrons. The maximum atomic E-state index is 12.2. The summed E-state index contributed by atoms with van der Waals surface area (Å²) in [4.78, 5) is 24.7. The molecule has 0 radical (unpaired) electrons. The fraction of sp³-hybridized carbons (Fsp3) is 0.278. The van der Waals surface area contributed by atoms with Crippen molar-refractivity contribution in [3.8, 4) is 11.8 Å². The second-order valence-electron chi connectivity index (χ2n) is 5.41. The minimum absolute atomic E-state index is 0.133. The fourth-order valence-electron chi connectivity index (χ4n) is 2.43. The van der Waals surface area contributed by atoms with Crippen LogP contribution in [0.1, 0.15) is 11.3 Å². The third-order valence-electron chi connectivity index (χ3n) is 3.77. The highest BCUT2D eigenvalue weighted by Crippen LogP contribution is 2.12. The van der Waals surface area contributed by atoms with E-state index in [0.717, 1.165) is 30.2 Å². The van der Waals surface area contributed by atoms with E-state index in [0.29, 0.717) is 13.1 Å². The predicted octanol–water partition coefficient (Wildman–Crippen LogP) is 1.49. The molecule has 0 aliphatic carbocycles. The SMILES string of the molecule is Cc1ccc(C#CC(=O)N2CCN(c3ccccn3)CC2)cn1. The molecule has 1 amide bonds. The van der Waals surface area contributed by atoms with E-state index in [2.05, 4.69) is 26.7 Å². The number of anilines is 1. The van der Waals surface area contributed by atoms with Gasteiger partial charge < -0.3 is 9.80 Å². The second kappa shape index (κ2) is 6.93. The van der Waals surface area contributed by atoms with Crippen molar-refractivity contribution in [2.75, 3.05) is 31.1 Å². The van der Waals surface area contributed by atoms with Crippen LogP contribution in [0.25, 0.3) is 0 Å². The summed E-state index contributed by atoms with van der Waals surface area (Å²) in [6.07, 6.45) is 3.47. The predicted molar refractivity (Wildman–Crippen MR) is 88.9 cm³/mol. The molecule has 0 spiro atoms. The van der Waals surface area contributed by atoms with E-state index in [1.807, 2.05) is 37.3 Å². The molecule has 0 saturated carbocycles. The molecular weight excluding hydrogens is 288 g/mol. The molecule has 5 nitrogen and oxygen atoms in total. The van der Waals surface area contributed by atoms with Crippen molar-refractivity contribution in [3.63, 3.8) is 0 Å². The Morgan fingerprint density at radius 3 is 2.57 bits per heavy atom. The van der Waals surface area contributed by atoms with Gasteiger partial charge >= 0.3 is 0 Å². The molecule has 1 aliphatic rings. The molecule has 2 aromatic heterocycles. The van der Waals surface area contributed by atoms with E-state index in [1.54, 1.807) is 17.3 Å². The van der Waals surface area contributed by atoms with Crippen LogP contribution in [0.15, 0.2) is 42.7 Å². The van der Waals surface area contributed by atoms with Gasteiger partial charge in [0.1, 0.15) is 5.82 Å². The zero-order chi connectivity index (χ0) is 16.1. The smallest absolute Gasteiger partial charge is 0.298 e. The van der Waals surface area contributed by atoms with Crippen LogP contribution in [-0.4, -0.2) is 47.0 Å². The third-order valence-corrected chi connectivity index (χ3v) is 3.77. The number of hydrogen-bond acceptors (Lipinski definition) is 4. The van der Waals surface area contributed by atoms with E-state index >= 15 is 0 Å². The van der Waals surface area contributed by atoms with Gasteiger partial charge in [-0.2, -0.15) is 0 Å². The molecular formula is C18H18N4O. The normalized spacial score (nSPS) is 14.1. The first-order valence-electron chi connectivity index (χ1n) is 7.62. The number of aryl methyl sites for hydroxylation is 1. The highest BCUT2D eigenvalue weighted by atomic mass is 16.2. The quantitative estimate of drug-likeness (QED) is 0.749. The van der Waals surface area contributed by atoms with Crippen molar-refractivity contribution in [3.05, 3.63) is 54.0 Å². The number of rotatable bonds is 1. The third kappa shape index (κ3) is 3.86. The van der Waals surface area contributed by atoms with Crippen LogP contribution < -0.4 is 4.90 Å². The fourth-order valence-corrected chi connectivity index (χ4v) is 2.43. The summed E-state index contributed by atoms with van der Waals surface area (Å²) >= 11 is 0. The van der Waals surface area contributed by atoms with Crippen molar-refractivity contribution in [2.45, 2.75) is 6.92 Å². The zero-order valence-electron chi connectivity index (χ0n) is 13.1. The molecule has 3 heterocycles. The molecule has 0 N–H and O–H groups in total. The van der Waals surface area contributed by atoms with Gasteiger partial charge in [0.05, 0.1) is 0 Å². The Balaban J connectivity index is 1.57. The minimum atomic E-state index is -0.133. The molecule has 3 rings (SSSR count). The number of pyridine rings is 2. The molecule has 23 heavy (non-hydrogen) atoms. The van der Waals surface area contributed by atoms with E-state index in [-0.39, 0.29) is 5.91 Å². The number of aromatic nitrogens is 2. The van der Waals surface area contributed by atoms with Gasteiger partial charge in [-0.1, -0.05) is 12.0 Å². The zero-order valence-corrected chi connectivity index (χ0v) is 13.1. The van der Waals surface area contributed by atoms with Crippen LogP contribution in [0, 0.1) is 18.8 Å². The molecule has 1 aliphatic heterocycles. The van der Waals surface area contributed by atoms with Gasteiger partial charge in [0.2, 0.25) is 0 Å². The Morgan fingerprint density at radius 2 is 1.91 bits per heavy atom. The number of piperazine rings is 1. The highest BCUT2D eigenvalue weighted by molar-refractivity contribution is 5.94. The Morgan fingerprint density at radius 1 is 1.09 bits per heavy atom. The summed E-state index contributed by atoms with van der Waals surface area (Å²) in [6.45, 7) is 4.79. The summed E-state index contributed by atoms with van der Waals surface area (Å²) in [6, 6.07) is 9.63. The van der Waals surface area contributed by atoms with Gasteiger partial charge in [-0.25, -0.2) is 4.98 Å². The van der Waals surface area contributed by atoms with E-state index in [1.165, 1.54) is 0 Å². The van der Waals surface area contributed by atoms with Gasteiger partial charge in [-0.3, -0.25) is 9.78 Å². The van der Waals surface area contributed by atoms with Crippen molar-refractivity contribution < 1.29 is 4.79 Å². The van der Waals surface area contributed by atoms with Crippen molar-refractivity contribution >= 4 is 11.7 Å².